The lowest BCUT2D eigenvalue weighted by atomic mass is 9.85. The van der Waals surface area contributed by atoms with Gasteiger partial charge in [-0.1, -0.05) is 42.0 Å². The molecule has 0 radical (unpaired) electrons. The van der Waals surface area contributed by atoms with Crippen LogP contribution in [0.25, 0.3) is 0 Å². The predicted molar refractivity (Wildman–Crippen MR) is 116 cm³/mol. The van der Waals surface area contributed by atoms with Crippen LogP contribution in [0, 0.1) is 0 Å². The minimum absolute atomic E-state index is 0.245. The first kappa shape index (κ1) is 23.1. The SMILES string of the molecule is CC(C)(C)OC(=O)N1CCC(F)(CC2=CCN(C(=O)OCc3ccccc3)CC2)CC1. The lowest BCUT2D eigenvalue weighted by Gasteiger charge is -2.38. The van der Waals surface area contributed by atoms with Crippen molar-refractivity contribution in [2.75, 3.05) is 26.2 Å². The molecule has 1 aromatic carbocycles. The fraction of sp³-hybridized carbons (Fsp3) is 0.583. The highest BCUT2D eigenvalue weighted by atomic mass is 19.1. The number of carbonyl (C=O) groups is 2. The van der Waals surface area contributed by atoms with Gasteiger partial charge in [-0.05, 0) is 45.6 Å². The van der Waals surface area contributed by atoms with Gasteiger partial charge in [-0.2, -0.15) is 0 Å². The Labute approximate surface area is 184 Å². The first-order chi connectivity index (χ1) is 14.6. The maximum atomic E-state index is 15.4. The smallest absolute Gasteiger partial charge is 0.410 e. The van der Waals surface area contributed by atoms with Gasteiger partial charge in [0.1, 0.15) is 17.9 Å². The van der Waals surface area contributed by atoms with Crippen LogP contribution in [0.15, 0.2) is 42.0 Å². The molecular formula is C24H33FN2O4. The zero-order chi connectivity index (χ0) is 22.5. The summed E-state index contributed by atoms with van der Waals surface area (Å²) in [6.45, 7) is 7.39. The Morgan fingerprint density at radius 2 is 1.71 bits per heavy atom. The summed E-state index contributed by atoms with van der Waals surface area (Å²) >= 11 is 0. The van der Waals surface area contributed by atoms with Gasteiger partial charge in [-0.15, -0.1) is 0 Å². The molecule has 0 bridgehead atoms. The number of alkyl halides is 1. The minimum atomic E-state index is -1.32. The average molecular weight is 433 g/mol. The Morgan fingerprint density at radius 1 is 1.03 bits per heavy atom. The lowest BCUT2D eigenvalue weighted by Crippen LogP contribution is -2.46. The maximum Gasteiger partial charge on any atom is 0.410 e. The van der Waals surface area contributed by atoms with E-state index in [-0.39, 0.29) is 18.8 Å². The fourth-order valence-corrected chi connectivity index (χ4v) is 3.85. The Balaban J connectivity index is 1.43. The summed E-state index contributed by atoms with van der Waals surface area (Å²) in [6, 6.07) is 9.56. The summed E-state index contributed by atoms with van der Waals surface area (Å²) in [5, 5.41) is 0. The second-order valence-electron chi connectivity index (χ2n) is 9.39. The van der Waals surface area contributed by atoms with Crippen LogP contribution in [0.5, 0.6) is 0 Å². The van der Waals surface area contributed by atoms with Crippen molar-refractivity contribution in [1.29, 1.82) is 0 Å². The van der Waals surface area contributed by atoms with Crippen LogP contribution >= 0.6 is 0 Å². The molecule has 2 aliphatic heterocycles. The molecular weight excluding hydrogens is 399 g/mol. The monoisotopic (exact) mass is 432 g/mol. The number of nitrogens with zero attached hydrogens (tertiary/aromatic N) is 2. The number of likely N-dealkylation sites (tertiary alicyclic amines) is 1. The maximum absolute atomic E-state index is 15.4. The number of hydrogen-bond donors (Lipinski definition) is 0. The van der Waals surface area contributed by atoms with Crippen molar-refractivity contribution in [3.05, 3.63) is 47.5 Å². The Hall–Kier alpha value is -2.57. The third-order valence-electron chi connectivity index (χ3n) is 5.62. The van der Waals surface area contributed by atoms with E-state index in [1.54, 1.807) is 9.80 Å². The van der Waals surface area contributed by atoms with Gasteiger partial charge < -0.3 is 19.3 Å². The average Bonchev–Trinajstić information content (AvgIpc) is 2.72. The molecule has 1 aromatic rings. The van der Waals surface area contributed by atoms with Crippen molar-refractivity contribution in [3.63, 3.8) is 0 Å². The molecule has 0 N–H and O–H groups in total. The van der Waals surface area contributed by atoms with Crippen LogP contribution in [-0.4, -0.2) is 59.4 Å². The molecule has 7 heteroatoms. The number of benzene rings is 1. The number of rotatable bonds is 4. The number of hydrogen-bond acceptors (Lipinski definition) is 4. The number of halogens is 1. The van der Waals surface area contributed by atoms with Gasteiger partial charge in [0, 0.05) is 32.6 Å². The second-order valence-corrected chi connectivity index (χ2v) is 9.39. The van der Waals surface area contributed by atoms with E-state index >= 15 is 4.39 Å². The molecule has 31 heavy (non-hydrogen) atoms. The molecule has 0 saturated carbocycles. The molecule has 2 heterocycles. The number of ether oxygens (including phenoxy) is 2. The van der Waals surface area contributed by atoms with Crippen LogP contribution in [0.3, 0.4) is 0 Å². The van der Waals surface area contributed by atoms with Gasteiger partial charge in [0.25, 0.3) is 0 Å². The zero-order valence-corrected chi connectivity index (χ0v) is 18.7. The summed E-state index contributed by atoms with van der Waals surface area (Å²) in [7, 11) is 0. The third-order valence-corrected chi connectivity index (χ3v) is 5.62. The fourth-order valence-electron chi connectivity index (χ4n) is 3.85. The predicted octanol–water partition coefficient (Wildman–Crippen LogP) is 5.08. The van der Waals surface area contributed by atoms with Crippen LogP contribution in [0.4, 0.5) is 14.0 Å². The summed E-state index contributed by atoms with van der Waals surface area (Å²) in [6.07, 6.45) is 2.80. The van der Waals surface area contributed by atoms with E-state index in [2.05, 4.69) is 0 Å². The summed E-state index contributed by atoms with van der Waals surface area (Å²) in [4.78, 5) is 27.7. The zero-order valence-electron chi connectivity index (χ0n) is 18.7. The molecule has 1 fully saturated rings. The molecule has 0 aromatic heterocycles. The van der Waals surface area contributed by atoms with E-state index in [0.29, 0.717) is 51.9 Å². The highest BCUT2D eigenvalue weighted by Crippen LogP contribution is 2.35. The van der Waals surface area contributed by atoms with Crippen molar-refractivity contribution < 1.29 is 23.5 Å². The van der Waals surface area contributed by atoms with Crippen LogP contribution in [-0.2, 0) is 16.1 Å². The molecule has 2 amide bonds. The van der Waals surface area contributed by atoms with Gasteiger partial charge in [0.05, 0.1) is 0 Å². The van der Waals surface area contributed by atoms with E-state index in [0.717, 1.165) is 11.1 Å². The standard InChI is InChI=1S/C24H33FN2O4/c1-23(2,3)31-22(29)27-15-11-24(25,12-16-27)17-19-9-13-26(14-10-19)21(28)30-18-20-7-5-4-6-8-20/h4-9H,10-18H2,1-3H3. The number of piperidine rings is 1. The van der Waals surface area contributed by atoms with Crippen molar-refractivity contribution >= 4 is 12.2 Å². The van der Waals surface area contributed by atoms with Gasteiger partial charge in [-0.3, -0.25) is 0 Å². The topological polar surface area (TPSA) is 59.1 Å². The van der Waals surface area contributed by atoms with Crippen molar-refractivity contribution in [3.8, 4) is 0 Å². The number of carbonyl (C=O) groups excluding carboxylic acids is 2. The first-order valence-corrected chi connectivity index (χ1v) is 10.9. The number of amides is 2. The quantitative estimate of drug-likeness (QED) is 0.622. The van der Waals surface area contributed by atoms with Gasteiger partial charge in [0.2, 0.25) is 0 Å². The highest BCUT2D eigenvalue weighted by molar-refractivity contribution is 5.68. The van der Waals surface area contributed by atoms with Crippen molar-refractivity contribution in [1.82, 2.24) is 9.80 Å². The summed E-state index contributed by atoms with van der Waals surface area (Å²) < 4.78 is 26.1. The Kier molecular flexibility index (Phi) is 7.23. The van der Waals surface area contributed by atoms with Crippen LogP contribution in [0.2, 0.25) is 0 Å². The molecule has 1 saturated heterocycles. The molecule has 0 spiro atoms. The molecule has 170 valence electrons. The lowest BCUT2D eigenvalue weighted by molar-refractivity contribution is 0.00315. The first-order valence-electron chi connectivity index (χ1n) is 10.9. The van der Waals surface area contributed by atoms with Crippen molar-refractivity contribution in [2.45, 2.75) is 64.3 Å². The molecule has 0 unspecified atom stereocenters. The molecule has 0 aliphatic carbocycles. The summed E-state index contributed by atoms with van der Waals surface area (Å²) in [5.41, 5.74) is 0.101. The Bertz CT molecular complexity index is 796. The van der Waals surface area contributed by atoms with E-state index in [9.17, 15) is 9.59 Å². The summed E-state index contributed by atoms with van der Waals surface area (Å²) in [5.74, 6) is 0. The molecule has 2 aliphatic rings. The van der Waals surface area contributed by atoms with Gasteiger partial charge >= 0.3 is 12.2 Å². The van der Waals surface area contributed by atoms with E-state index in [4.69, 9.17) is 9.47 Å². The molecule has 0 atom stereocenters. The van der Waals surface area contributed by atoms with Gasteiger partial charge in [0.15, 0.2) is 0 Å². The van der Waals surface area contributed by atoms with E-state index < -0.39 is 11.3 Å². The second kappa shape index (κ2) is 9.71. The van der Waals surface area contributed by atoms with Crippen molar-refractivity contribution in [2.24, 2.45) is 0 Å². The van der Waals surface area contributed by atoms with E-state index in [1.807, 2.05) is 57.2 Å². The van der Waals surface area contributed by atoms with E-state index in [1.165, 1.54) is 0 Å². The third kappa shape index (κ3) is 6.97. The Morgan fingerprint density at radius 3 is 2.29 bits per heavy atom. The normalized spacial score (nSPS) is 18.9. The van der Waals surface area contributed by atoms with Crippen LogP contribution in [0.1, 0.15) is 52.0 Å². The largest absolute Gasteiger partial charge is 0.445 e. The van der Waals surface area contributed by atoms with Gasteiger partial charge in [-0.25, -0.2) is 14.0 Å². The molecule has 3 rings (SSSR count). The minimum Gasteiger partial charge on any atom is -0.445 e. The molecule has 6 nitrogen and oxygen atoms in total. The highest BCUT2D eigenvalue weighted by Gasteiger charge is 2.38. The van der Waals surface area contributed by atoms with Crippen LogP contribution < -0.4 is 0 Å².